The van der Waals surface area contributed by atoms with Gasteiger partial charge in [0.05, 0.1) is 6.61 Å². The fourth-order valence-corrected chi connectivity index (χ4v) is 1.63. The maximum absolute atomic E-state index is 11.5. The van der Waals surface area contributed by atoms with Crippen molar-refractivity contribution in [2.24, 2.45) is 5.92 Å². The number of esters is 1. The second kappa shape index (κ2) is 9.15. The second-order valence-corrected chi connectivity index (χ2v) is 4.63. The zero-order chi connectivity index (χ0) is 13.9. The van der Waals surface area contributed by atoms with E-state index in [4.69, 9.17) is 4.74 Å². The van der Waals surface area contributed by atoms with Gasteiger partial charge in [0.25, 0.3) is 0 Å². The van der Waals surface area contributed by atoms with Crippen molar-refractivity contribution in [3.63, 3.8) is 0 Å². The minimum absolute atomic E-state index is 0.276. The number of carbonyl (C=O) groups is 1. The molecule has 0 aliphatic rings. The van der Waals surface area contributed by atoms with E-state index in [1.807, 2.05) is 43.3 Å². The lowest BCUT2D eigenvalue weighted by Crippen LogP contribution is -2.09. The molecule has 1 rings (SSSR count). The number of hydrogen-bond donors (Lipinski definition) is 0. The third-order valence-electron chi connectivity index (χ3n) is 2.78. The number of benzene rings is 1. The first-order chi connectivity index (χ1) is 9.22. The average molecular weight is 258 g/mol. The maximum atomic E-state index is 11.5. The average Bonchev–Trinajstić information content (AvgIpc) is 2.44. The minimum atomic E-state index is -0.276. The molecule has 0 bridgehead atoms. The highest BCUT2D eigenvalue weighted by molar-refractivity contribution is 5.87. The Morgan fingerprint density at radius 1 is 1.32 bits per heavy atom. The van der Waals surface area contributed by atoms with Crippen LogP contribution in [-0.2, 0) is 9.53 Å². The first-order valence-electron chi connectivity index (χ1n) is 6.73. The molecular weight excluding hydrogens is 236 g/mol. The fourth-order valence-electron chi connectivity index (χ4n) is 1.63. The van der Waals surface area contributed by atoms with E-state index in [0.717, 1.165) is 18.4 Å². The Morgan fingerprint density at radius 2 is 2.05 bits per heavy atom. The molecule has 1 aromatic rings. The van der Waals surface area contributed by atoms with Crippen LogP contribution in [0.1, 0.15) is 32.3 Å². The van der Waals surface area contributed by atoms with E-state index in [-0.39, 0.29) is 5.97 Å². The van der Waals surface area contributed by atoms with Gasteiger partial charge in [-0.15, -0.1) is 0 Å². The van der Waals surface area contributed by atoms with Crippen molar-refractivity contribution < 1.29 is 9.53 Å². The largest absolute Gasteiger partial charge is 0.462 e. The highest BCUT2D eigenvalue weighted by Crippen LogP contribution is 2.07. The van der Waals surface area contributed by atoms with E-state index in [2.05, 4.69) is 13.0 Å². The summed E-state index contributed by atoms with van der Waals surface area (Å²) in [6.45, 7) is 4.59. The molecule has 0 fully saturated rings. The van der Waals surface area contributed by atoms with Crippen LogP contribution in [0.5, 0.6) is 0 Å². The van der Waals surface area contributed by atoms with Gasteiger partial charge >= 0.3 is 5.97 Å². The van der Waals surface area contributed by atoms with Crippen molar-refractivity contribution in [3.8, 4) is 0 Å². The quantitative estimate of drug-likeness (QED) is 0.415. The molecule has 0 N–H and O–H groups in total. The number of carbonyl (C=O) groups excluding carboxylic acids is 1. The van der Waals surface area contributed by atoms with Gasteiger partial charge < -0.3 is 4.74 Å². The zero-order valence-electron chi connectivity index (χ0n) is 11.7. The molecule has 0 heterocycles. The summed E-state index contributed by atoms with van der Waals surface area (Å²) < 4.78 is 5.21. The van der Waals surface area contributed by atoms with Crippen molar-refractivity contribution >= 4 is 12.0 Å². The molecule has 0 amide bonds. The molecule has 0 saturated heterocycles. The molecule has 1 unspecified atom stereocenters. The van der Waals surface area contributed by atoms with Gasteiger partial charge in [0.1, 0.15) is 0 Å². The van der Waals surface area contributed by atoms with Crippen molar-refractivity contribution in [3.05, 3.63) is 54.1 Å². The van der Waals surface area contributed by atoms with Gasteiger partial charge in [-0.2, -0.15) is 0 Å². The van der Waals surface area contributed by atoms with Gasteiger partial charge in [-0.05, 0) is 37.3 Å². The molecule has 1 aromatic carbocycles. The summed E-state index contributed by atoms with van der Waals surface area (Å²) in [4.78, 5) is 11.5. The van der Waals surface area contributed by atoms with E-state index in [1.54, 1.807) is 6.08 Å². The van der Waals surface area contributed by atoms with Crippen LogP contribution in [0, 0.1) is 5.92 Å². The fraction of sp³-hybridized carbons (Fsp3) is 0.353. The summed E-state index contributed by atoms with van der Waals surface area (Å²) in [5, 5.41) is 0. The SMILES string of the molecule is CC=CCCC(C)COC(=O)C=Cc1ccccc1. The normalized spacial score (nSPS) is 12.9. The summed E-state index contributed by atoms with van der Waals surface area (Å²) in [7, 11) is 0. The lowest BCUT2D eigenvalue weighted by Gasteiger charge is -2.09. The van der Waals surface area contributed by atoms with E-state index in [0.29, 0.717) is 12.5 Å². The molecule has 1 atom stereocenters. The maximum Gasteiger partial charge on any atom is 0.330 e. The van der Waals surface area contributed by atoms with Gasteiger partial charge in [-0.25, -0.2) is 4.79 Å². The number of rotatable bonds is 7. The molecule has 0 aliphatic carbocycles. The molecule has 0 saturated carbocycles. The van der Waals surface area contributed by atoms with Crippen LogP contribution >= 0.6 is 0 Å². The van der Waals surface area contributed by atoms with Gasteiger partial charge in [0, 0.05) is 6.08 Å². The Kier molecular flexibility index (Phi) is 7.33. The van der Waals surface area contributed by atoms with Gasteiger partial charge in [0.15, 0.2) is 0 Å². The van der Waals surface area contributed by atoms with E-state index >= 15 is 0 Å². The molecular formula is C17H22O2. The van der Waals surface area contributed by atoms with Crippen LogP contribution in [0.4, 0.5) is 0 Å². The summed E-state index contributed by atoms with van der Waals surface area (Å²) in [5.41, 5.74) is 1.00. The van der Waals surface area contributed by atoms with Crippen molar-refractivity contribution in [1.29, 1.82) is 0 Å². The third kappa shape index (κ3) is 7.24. The third-order valence-corrected chi connectivity index (χ3v) is 2.78. The molecule has 19 heavy (non-hydrogen) atoms. The highest BCUT2D eigenvalue weighted by Gasteiger charge is 2.04. The lowest BCUT2D eigenvalue weighted by molar-refractivity contribution is -0.138. The molecule has 0 radical (unpaired) electrons. The van der Waals surface area contributed by atoms with Crippen molar-refractivity contribution in [1.82, 2.24) is 0 Å². The van der Waals surface area contributed by atoms with Gasteiger partial charge in [-0.1, -0.05) is 49.4 Å². The predicted molar refractivity (Wildman–Crippen MR) is 79.6 cm³/mol. The highest BCUT2D eigenvalue weighted by atomic mass is 16.5. The summed E-state index contributed by atoms with van der Waals surface area (Å²) in [6, 6.07) is 9.72. The van der Waals surface area contributed by atoms with Gasteiger partial charge in [-0.3, -0.25) is 0 Å². The van der Waals surface area contributed by atoms with E-state index in [9.17, 15) is 4.79 Å². The number of hydrogen-bond acceptors (Lipinski definition) is 2. The Morgan fingerprint density at radius 3 is 2.74 bits per heavy atom. The van der Waals surface area contributed by atoms with E-state index < -0.39 is 0 Å². The minimum Gasteiger partial charge on any atom is -0.462 e. The predicted octanol–water partition coefficient (Wildman–Crippen LogP) is 4.24. The number of ether oxygens (including phenoxy) is 1. The van der Waals surface area contributed by atoms with Crippen molar-refractivity contribution in [2.75, 3.05) is 6.61 Å². The topological polar surface area (TPSA) is 26.3 Å². The zero-order valence-corrected chi connectivity index (χ0v) is 11.7. The molecule has 102 valence electrons. The molecule has 0 aliphatic heterocycles. The smallest absolute Gasteiger partial charge is 0.330 e. The van der Waals surface area contributed by atoms with Crippen LogP contribution in [-0.4, -0.2) is 12.6 Å². The summed E-state index contributed by atoms with van der Waals surface area (Å²) in [5.74, 6) is 0.118. The van der Waals surface area contributed by atoms with Crippen LogP contribution in [0.3, 0.4) is 0 Å². The Bertz CT molecular complexity index is 418. The Labute approximate surface area is 115 Å². The second-order valence-electron chi connectivity index (χ2n) is 4.63. The lowest BCUT2D eigenvalue weighted by atomic mass is 10.1. The van der Waals surface area contributed by atoms with Crippen LogP contribution < -0.4 is 0 Å². The van der Waals surface area contributed by atoms with Gasteiger partial charge in [0.2, 0.25) is 0 Å². The molecule has 2 nitrogen and oxygen atoms in total. The van der Waals surface area contributed by atoms with Crippen LogP contribution in [0.15, 0.2) is 48.6 Å². The Balaban J connectivity index is 2.26. The van der Waals surface area contributed by atoms with E-state index in [1.165, 1.54) is 6.08 Å². The first kappa shape index (κ1) is 15.2. The number of allylic oxidation sites excluding steroid dienone is 2. The summed E-state index contributed by atoms with van der Waals surface area (Å²) in [6.07, 6.45) is 9.50. The van der Waals surface area contributed by atoms with Crippen LogP contribution in [0.2, 0.25) is 0 Å². The standard InChI is InChI=1S/C17H22O2/c1-3-4-6-9-15(2)14-19-17(18)13-12-16-10-7-5-8-11-16/h3-5,7-8,10-13,15H,6,9,14H2,1-2H3. The monoisotopic (exact) mass is 258 g/mol. The van der Waals surface area contributed by atoms with Crippen LogP contribution in [0.25, 0.3) is 6.08 Å². The molecule has 0 spiro atoms. The van der Waals surface area contributed by atoms with Crippen molar-refractivity contribution in [2.45, 2.75) is 26.7 Å². The molecule has 0 aromatic heterocycles. The first-order valence-corrected chi connectivity index (χ1v) is 6.73. The molecule has 2 heteroatoms. The Hall–Kier alpha value is -1.83. The summed E-state index contributed by atoms with van der Waals surface area (Å²) >= 11 is 0.